The van der Waals surface area contributed by atoms with E-state index < -0.39 is 12.2 Å². The number of benzene rings is 3. The van der Waals surface area contributed by atoms with Gasteiger partial charge in [0.25, 0.3) is 0 Å². The maximum absolute atomic E-state index is 14.2. The number of para-hydroxylation sites is 1. The summed E-state index contributed by atoms with van der Waals surface area (Å²) in [4.78, 5) is 45.0. The summed E-state index contributed by atoms with van der Waals surface area (Å²) in [5.74, 6) is 0.625. The van der Waals surface area contributed by atoms with E-state index in [2.05, 4.69) is 18.3 Å². The Bertz CT molecular complexity index is 1470. The van der Waals surface area contributed by atoms with Gasteiger partial charge in [0.1, 0.15) is 24.1 Å². The number of ether oxygens (including phenoxy) is 1. The van der Waals surface area contributed by atoms with Gasteiger partial charge in [-0.25, -0.2) is 4.79 Å². The highest BCUT2D eigenvalue weighted by molar-refractivity contribution is 5.92. The molecule has 3 atom stereocenters. The van der Waals surface area contributed by atoms with Crippen LogP contribution in [0.25, 0.3) is 0 Å². The highest BCUT2D eigenvalue weighted by Crippen LogP contribution is 2.35. The first-order valence-corrected chi connectivity index (χ1v) is 15.2. The number of hydrogen-bond donors (Lipinski definition) is 1. The lowest BCUT2D eigenvalue weighted by Crippen LogP contribution is -2.66. The molecule has 3 aromatic rings. The van der Waals surface area contributed by atoms with Crippen molar-refractivity contribution in [1.29, 1.82) is 0 Å². The lowest BCUT2D eigenvalue weighted by atomic mass is 9.99. The van der Waals surface area contributed by atoms with Crippen molar-refractivity contribution in [2.24, 2.45) is 0 Å². The number of rotatable bonds is 9. The molecule has 43 heavy (non-hydrogen) atoms. The number of piperazine rings is 1. The molecule has 2 saturated heterocycles. The molecule has 0 aromatic heterocycles. The molecule has 224 valence electrons. The number of carbonyl (C=O) groups excluding carboxylic acids is 3. The number of hydrazine groups is 1. The van der Waals surface area contributed by atoms with Crippen molar-refractivity contribution in [3.63, 3.8) is 0 Å². The Morgan fingerprint density at radius 1 is 0.977 bits per heavy atom. The quantitative estimate of drug-likeness (QED) is 0.414. The van der Waals surface area contributed by atoms with Crippen LogP contribution in [0.1, 0.15) is 42.5 Å². The Morgan fingerprint density at radius 3 is 2.42 bits per heavy atom. The van der Waals surface area contributed by atoms with E-state index in [1.807, 2.05) is 89.6 Å². The lowest BCUT2D eigenvalue weighted by Gasteiger charge is -2.46. The van der Waals surface area contributed by atoms with Gasteiger partial charge in [-0.2, -0.15) is 5.01 Å². The summed E-state index contributed by atoms with van der Waals surface area (Å²) >= 11 is 0. The molecule has 0 aliphatic carbocycles. The van der Waals surface area contributed by atoms with E-state index in [1.165, 1.54) is 0 Å². The summed E-state index contributed by atoms with van der Waals surface area (Å²) in [5.41, 5.74) is 4.09. The molecule has 0 spiro atoms. The second kappa shape index (κ2) is 12.5. The summed E-state index contributed by atoms with van der Waals surface area (Å²) in [6.07, 6.45) is 1.59. The molecule has 3 heterocycles. The molecular weight excluding hydrogens is 542 g/mol. The number of carbonyl (C=O) groups is 3. The van der Waals surface area contributed by atoms with Gasteiger partial charge in [-0.05, 0) is 30.0 Å². The lowest BCUT2D eigenvalue weighted by molar-refractivity contribution is -0.157. The van der Waals surface area contributed by atoms with E-state index in [0.717, 1.165) is 40.8 Å². The highest BCUT2D eigenvalue weighted by Gasteiger charge is 2.52. The van der Waals surface area contributed by atoms with Crippen molar-refractivity contribution in [3.8, 4) is 5.75 Å². The molecule has 3 aliphatic heterocycles. The van der Waals surface area contributed by atoms with Crippen LogP contribution in [-0.2, 0) is 35.5 Å². The van der Waals surface area contributed by atoms with Crippen LogP contribution in [-0.4, -0.2) is 75.6 Å². The summed E-state index contributed by atoms with van der Waals surface area (Å²) in [5, 5.41) is 6.55. The van der Waals surface area contributed by atoms with Gasteiger partial charge < -0.3 is 19.9 Å². The molecule has 9 nitrogen and oxygen atoms in total. The molecule has 2 fully saturated rings. The highest BCUT2D eigenvalue weighted by atomic mass is 16.5. The molecule has 4 amide bonds. The van der Waals surface area contributed by atoms with Crippen molar-refractivity contribution < 1.29 is 19.1 Å². The topological polar surface area (TPSA) is 85.4 Å². The van der Waals surface area contributed by atoms with E-state index in [1.54, 1.807) is 9.91 Å². The first-order chi connectivity index (χ1) is 20.9. The minimum atomic E-state index is -0.675. The maximum atomic E-state index is 14.2. The van der Waals surface area contributed by atoms with Crippen LogP contribution < -0.4 is 10.1 Å². The summed E-state index contributed by atoms with van der Waals surface area (Å²) < 4.78 is 6.15. The zero-order chi connectivity index (χ0) is 29.9. The summed E-state index contributed by atoms with van der Waals surface area (Å²) in [6, 6.07) is 24.7. The van der Waals surface area contributed by atoms with Gasteiger partial charge in [-0.15, -0.1) is 0 Å². The molecule has 3 aromatic carbocycles. The standard InChI is InChI=1S/C34H39N5O4/c1-3-17-37(34(42)35-20-26-13-8-5-9-14-26)38-23-31(40)39-29(19-25-11-6-4-7-12-25)33(41)36(22-30(38)39)21-28-16-10-15-27-18-24(2)43-32(27)28/h4-16,24,29-30H,3,17-23H2,1-2H3,(H,35,42)/t24?,29-,30+/m0/s1. The molecule has 0 saturated carbocycles. The molecule has 9 heteroatoms. The Balaban J connectivity index is 1.29. The monoisotopic (exact) mass is 581 g/mol. The number of amides is 4. The van der Waals surface area contributed by atoms with E-state index >= 15 is 0 Å². The maximum Gasteiger partial charge on any atom is 0.332 e. The Morgan fingerprint density at radius 2 is 1.70 bits per heavy atom. The number of fused-ring (bicyclic) bond motifs is 2. The van der Waals surface area contributed by atoms with E-state index in [0.29, 0.717) is 32.6 Å². The Hall–Kier alpha value is -4.37. The van der Waals surface area contributed by atoms with Gasteiger partial charge in [0.05, 0.1) is 13.1 Å². The van der Waals surface area contributed by atoms with Crippen LogP contribution in [0.15, 0.2) is 78.9 Å². The predicted octanol–water partition coefficient (Wildman–Crippen LogP) is 3.97. The van der Waals surface area contributed by atoms with Crippen molar-refractivity contribution in [2.45, 2.75) is 64.5 Å². The van der Waals surface area contributed by atoms with Crippen molar-refractivity contribution in [2.75, 3.05) is 19.6 Å². The third-order valence-electron chi connectivity index (χ3n) is 8.47. The molecule has 0 radical (unpaired) electrons. The Kier molecular flexibility index (Phi) is 8.33. The number of hydrogen-bond acceptors (Lipinski definition) is 5. The smallest absolute Gasteiger partial charge is 0.332 e. The van der Waals surface area contributed by atoms with E-state index in [4.69, 9.17) is 4.74 Å². The number of nitrogens with zero attached hydrogens (tertiary/aromatic N) is 4. The second-order valence-electron chi connectivity index (χ2n) is 11.6. The normalized spacial score (nSPS) is 21.4. The van der Waals surface area contributed by atoms with Gasteiger partial charge in [-0.3, -0.25) is 14.6 Å². The van der Waals surface area contributed by atoms with Gasteiger partial charge >= 0.3 is 6.03 Å². The predicted molar refractivity (Wildman–Crippen MR) is 163 cm³/mol. The van der Waals surface area contributed by atoms with Crippen LogP contribution in [0.4, 0.5) is 4.79 Å². The van der Waals surface area contributed by atoms with Crippen LogP contribution in [0.2, 0.25) is 0 Å². The van der Waals surface area contributed by atoms with Crippen LogP contribution >= 0.6 is 0 Å². The fourth-order valence-electron chi connectivity index (χ4n) is 6.48. The minimum absolute atomic E-state index is 0.0389. The second-order valence-corrected chi connectivity index (χ2v) is 11.6. The molecule has 1 unspecified atom stereocenters. The zero-order valence-electron chi connectivity index (χ0n) is 24.8. The molecule has 3 aliphatic rings. The third-order valence-corrected chi connectivity index (χ3v) is 8.47. The fraction of sp³-hybridized carbons (Fsp3) is 0.382. The minimum Gasteiger partial charge on any atom is -0.490 e. The number of urea groups is 1. The SMILES string of the molecule is CCCN(C(=O)NCc1ccccc1)N1CC(=O)N2[C@@H](Cc3ccccc3)C(=O)N(Cc3cccc4c3OC(C)C4)C[C@@H]21. The van der Waals surface area contributed by atoms with Gasteiger partial charge in [0.15, 0.2) is 0 Å². The number of nitrogens with one attached hydrogen (secondary N) is 1. The first kappa shape index (κ1) is 28.7. The van der Waals surface area contributed by atoms with E-state index in [-0.39, 0.29) is 30.5 Å². The first-order valence-electron chi connectivity index (χ1n) is 15.2. The average molecular weight is 582 g/mol. The van der Waals surface area contributed by atoms with Crippen molar-refractivity contribution in [3.05, 3.63) is 101 Å². The van der Waals surface area contributed by atoms with Gasteiger partial charge in [0, 0.05) is 38.0 Å². The molecule has 1 N–H and O–H groups in total. The largest absolute Gasteiger partial charge is 0.490 e. The third kappa shape index (κ3) is 5.95. The van der Waals surface area contributed by atoms with E-state index in [9.17, 15) is 14.4 Å². The summed E-state index contributed by atoms with van der Waals surface area (Å²) in [6.45, 7) is 5.61. The molecular formula is C34H39N5O4. The molecule has 0 bridgehead atoms. The van der Waals surface area contributed by atoms with Crippen molar-refractivity contribution >= 4 is 17.8 Å². The van der Waals surface area contributed by atoms with Gasteiger partial charge in [-0.1, -0.05) is 85.8 Å². The van der Waals surface area contributed by atoms with Crippen molar-refractivity contribution in [1.82, 2.24) is 25.1 Å². The van der Waals surface area contributed by atoms with Gasteiger partial charge in [0.2, 0.25) is 11.8 Å². The van der Waals surface area contributed by atoms with Crippen LogP contribution in [0, 0.1) is 0 Å². The average Bonchev–Trinajstić information content (AvgIpc) is 3.56. The Labute approximate surface area is 253 Å². The zero-order valence-corrected chi connectivity index (χ0v) is 24.8. The van der Waals surface area contributed by atoms with Crippen LogP contribution in [0.5, 0.6) is 5.75 Å². The summed E-state index contributed by atoms with van der Waals surface area (Å²) in [7, 11) is 0. The molecule has 6 rings (SSSR count). The fourth-order valence-corrected chi connectivity index (χ4v) is 6.48. The van der Waals surface area contributed by atoms with Crippen LogP contribution in [0.3, 0.4) is 0 Å².